The van der Waals surface area contributed by atoms with Gasteiger partial charge in [0.05, 0.1) is 6.54 Å². The second-order valence-electron chi connectivity index (χ2n) is 4.77. The van der Waals surface area contributed by atoms with Gasteiger partial charge in [-0.05, 0) is 39.1 Å². The molecule has 114 valence electrons. The Morgan fingerprint density at radius 1 is 1.05 bits per heavy atom. The van der Waals surface area contributed by atoms with E-state index in [1.807, 2.05) is 0 Å². The summed E-state index contributed by atoms with van der Waals surface area (Å²) in [6, 6.07) is 0.247. The van der Waals surface area contributed by atoms with Crippen LogP contribution in [0.25, 0.3) is 0 Å². The molecule has 0 aliphatic rings. The highest BCUT2D eigenvalue weighted by atomic mass is 16.4. The fourth-order valence-corrected chi connectivity index (χ4v) is 2.16. The van der Waals surface area contributed by atoms with Gasteiger partial charge in [0, 0.05) is 12.6 Å². The quantitative estimate of drug-likeness (QED) is 0.558. The van der Waals surface area contributed by atoms with Gasteiger partial charge in [0.25, 0.3) is 0 Å². The van der Waals surface area contributed by atoms with Crippen LogP contribution in [0.3, 0.4) is 0 Å². The first-order valence-corrected chi connectivity index (χ1v) is 7.47. The number of hydrogen-bond acceptors (Lipinski definition) is 4. The fourth-order valence-electron chi connectivity index (χ4n) is 2.16. The van der Waals surface area contributed by atoms with E-state index in [4.69, 9.17) is 5.11 Å². The molecule has 1 unspecified atom stereocenters. The van der Waals surface area contributed by atoms with Crippen LogP contribution in [0.15, 0.2) is 0 Å². The molecule has 1 atom stereocenters. The number of aliphatic carboxylic acids is 1. The maximum atomic E-state index is 10.7. The second kappa shape index (κ2) is 11.2. The zero-order valence-electron chi connectivity index (χ0n) is 13.0. The third kappa shape index (κ3) is 8.97. The highest BCUT2D eigenvalue weighted by Crippen LogP contribution is 2.00. The normalized spacial score (nSPS) is 13.2. The van der Waals surface area contributed by atoms with Gasteiger partial charge in [-0.25, -0.2) is 0 Å². The van der Waals surface area contributed by atoms with Gasteiger partial charge < -0.3 is 20.2 Å². The largest absolute Gasteiger partial charge is 0.480 e. The van der Waals surface area contributed by atoms with Crippen LogP contribution >= 0.6 is 0 Å². The third-order valence-corrected chi connectivity index (χ3v) is 3.60. The van der Waals surface area contributed by atoms with Crippen LogP contribution in [0.4, 0.5) is 0 Å². The van der Waals surface area contributed by atoms with Crippen LogP contribution < -0.4 is 5.32 Å². The molecule has 0 fully saturated rings. The molecular weight excluding hydrogens is 242 g/mol. The lowest BCUT2D eigenvalue weighted by molar-refractivity contribution is -0.136. The van der Waals surface area contributed by atoms with E-state index < -0.39 is 5.97 Å². The van der Waals surface area contributed by atoms with Crippen LogP contribution in [0.5, 0.6) is 0 Å². The van der Waals surface area contributed by atoms with E-state index in [0.717, 1.165) is 45.7 Å². The average Bonchev–Trinajstić information content (AvgIpc) is 2.41. The van der Waals surface area contributed by atoms with E-state index in [1.54, 1.807) is 0 Å². The van der Waals surface area contributed by atoms with Crippen molar-refractivity contribution in [3.63, 3.8) is 0 Å². The minimum absolute atomic E-state index is 0.0458. The lowest BCUT2D eigenvalue weighted by atomic mass is 10.1. The molecule has 0 aromatic carbocycles. The second-order valence-corrected chi connectivity index (χ2v) is 4.77. The fraction of sp³-hybridized carbons (Fsp3) is 0.929. The van der Waals surface area contributed by atoms with Crippen molar-refractivity contribution in [2.75, 3.05) is 45.8 Å². The molecule has 0 radical (unpaired) electrons. The van der Waals surface area contributed by atoms with Gasteiger partial charge in [-0.1, -0.05) is 27.7 Å². The van der Waals surface area contributed by atoms with Crippen LogP contribution in [-0.2, 0) is 4.79 Å². The number of carboxylic acids is 1. The van der Waals surface area contributed by atoms with Crippen molar-refractivity contribution in [2.24, 2.45) is 0 Å². The highest BCUT2D eigenvalue weighted by Gasteiger charge is 2.14. The molecule has 0 bridgehead atoms. The Kier molecular flexibility index (Phi) is 10.8. The smallest absolute Gasteiger partial charge is 0.317 e. The molecule has 0 saturated heterocycles. The number of hydrogen-bond donors (Lipinski definition) is 2. The minimum atomic E-state index is -0.785. The van der Waals surface area contributed by atoms with E-state index in [0.29, 0.717) is 0 Å². The van der Waals surface area contributed by atoms with Crippen molar-refractivity contribution in [1.29, 1.82) is 0 Å². The van der Waals surface area contributed by atoms with Gasteiger partial charge >= 0.3 is 5.97 Å². The molecular formula is C14H31N3O2. The molecule has 0 spiro atoms. The standard InChI is InChI=1S/C14H31N3O2/c1-5-16(6-2)10-9-13(15-11-14(18)19)12-17(7-3)8-4/h13,15H,5-12H2,1-4H3,(H,18,19). The number of nitrogens with zero attached hydrogens (tertiary/aromatic N) is 2. The molecule has 2 N–H and O–H groups in total. The Labute approximate surface area is 118 Å². The monoisotopic (exact) mass is 273 g/mol. The highest BCUT2D eigenvalue weighted by molar-refractivity contribution is 5.69. The van der Waals surface area contributed by atoms with E-state index >= 15 is 0 Å². The molecule has 0 heterocycles. The first-order valence-electron chi connectivity index (χ1n) is 7.47. The first kappa shape index (κ1) is 18.4. The Morgan fingerprint density at radius 2 is 1.58 bits per heavy atom. The van der Waals surface area contributed by atoms with Gasteiger partial charge in [0.2, 0.25) is 0 Å². The summed E-state index contributed by atoms with van der Waals surface area (Å²) in [4.78, 5) is 15.4. The zero-order chi connectivity index (χ0) is 14.7. The van der Waals surface area contributed by atoms with Gasteiger partial charge in [0.1, 0.15) is 0 Å². The summed E-state index contributed by atoms with van der Waals surface area (Å²) >= 11 is 0. The number of nitrogens with one attached hydrogen (secondary N) is 1. The maximum absolute atomic E-state index is 10.7. The molecule has 0 saturated carbocycles. The van der Waals surface area contributed by atoms with Crippen molar-refractivity contribution < 1.29 is 9.90 Å². The van der Waals surface area contributed by atoms with Crippen LogP contribution in [-0.4, -0.2) is 72.7 Å². The Hall–Kier alpha value is -0.650. The predicted octanol–water partition coefficient (Wildman–Crippen LogP) is 1.10. The Bertz CT molecular complexity index is 229. The van der Waals surface area contributed by atoms with Gasteiger partial charge in [0.15, 0.2) is 0 Å². The van der Waals surface area contributed by atoms with Gasteiger partial charge in [-0.2, -0.15) is 0 Å². The van der Waals surface area contributed by atoms with Gasteiger partial charge in [-0.3, -0.25) is 4.79 Å². The Morgan fingerprint density at radius 3 is 2.00 bits per heavy atom. The molecule has 0 aromatic heterocycles. The van der Waals surface area contributed by atoms with Crippen molar-refractivity contribution in [2.45, 2.75) is 40.2 Å². The van der Waals surface area contributed by atoms with E-state index in [2.05, 4.69) is 42.8 Å². The average molecular weight is 273 g/mol. The van der Waals surface area contributed by atoms with Crippen molar-refractivity contribution in [3.8, 4) is 0 Å². The summed E-state index contributed by atoms with van der Waals surface area (Å²) in [5.41, 5.74) is 0. The Balaban J connectivity index is 4.26. The summed E-state index contributed by atoms with van der Waals surface area (Å²) in [7, 11) is 0. The topological polar surface area (TPSA) is 55.8 Å². The lowest BCUT2D eigenvalue weighted by Gasteiger charge is -2.28. The van der Waals surface area contributed by atoms with Gasteiger partial charge in [-0.15, -0.1) is 0 Å². The first-order chi connectivity index (χ1) is 9.07. The van der Waals surface area contributed by atoms with E-state index in [9.17, 15) is 4.79 Å². The van der Waals surface area contributed by atoms with Crippen LogP contribution in [0.1, 0.15) is 34.1 Å². The predicted molar refractivity (Wildman–Crippen MR) is 79.6 cm³/mol. The van der Waals surface area contributed by atoms with E-state index in [1.165, 1.54) is 0 Å². The summed E-state index contributed by atoms with van der Waals surface area (Å²) < 4.78 is 0. The summed E-state index contributed by atoms with van der Waals surface area (Å²) in [6.07, 6.45) is 0.992. The third-order valence-electron chi connectivity index (χ3n) is 3.60. The molecule has 0 aromatic rings. The van der Waals surface area contributed by atoms with Crippen LogP contribution in [0, 0.1) is 0 Å². The molecule has 5 nitrogen and oxygen atoms in total. The summed E-state index contributed by atoms with van der Waals surface area (Å²) in [5.74, 6) is -0.785. The number of carboxylic acid groups (broad SMARTS) is 1. The van der Waals surface area contributed by atoms with E-state index in [-0.39, 0.29) is 12.6 Å². The van der Waals surface area contributed by atoms with Crippen molar-refractivity contribution in [1.82, 2.24) is 15.1 Å². The molecule has 0 aliphatic heterocycles. The molecule has 5 heteroatoms. The van der Waals surface area contributed by atoms with Crippen molar-refractivity contribution in [3.05, 3.63) is 0 Å². The molecule has 0 aliphatic carbocycles. The van der Waals surface area contributed by atoms with Crippen LogP contribution in [0.2, 0.25) is 0 Å². The zero-order valence-corrected chi connectivity index (χ0v) is 13.0. The molecule has 0 amide bonds. The SMILES string of the molecule is CCN(CC)CCC(CN(CC)CC)NCC(=O)O. The van der Waals surface area contributed by atoms with Crippen molar-refractivity contribution >= 4 is 5.97 Å². The minimum Gasteiger partial charge on any atom is -0.480 e. The number of rotatable bonds is 12. The number of carbonyl (C=O) groups is 1. The summed E-state index contributed by atoms with van der Waals surface area (Å²) in [5, 5.41) is 11.9. The lowest BCUT2D eigenvalue weighted by Crippen LogP contribution is -2.44. The summed E-state index contributed by atoms with van der Waals surface area (Å²) in [6.45, 7) is 14.7. The number of likely N-dealkylation sites (N-methyl/N-ethyl adjacent to an activating group) is 1. The molecule has 19 heavy (non-hydrogen) atoms. The molecule has 0 rings (SSSR count). The maximum Gasteiger partial charge on any atom is 0.317 e.